The van der Waals surface area contributed by atoms with Gasteiger partial charge in [-0.2, -0.15) is 0 Å². The molecule has 1 aliphatic heterocycles. The first kappa shape index (κ1) is 7.03. The van der Waals surface area contributed by atoms with Crippen LogP contribution < -0.4 is 0 Å². The largest absolute Gasteiger partial charge is 0.396 e. The van der Waals surface area contributed by atoms with Gasteiger partial charge in [0.1, 0.15) is 0 Å². The van der Waals surface area contributed by atoms with Gasteiger partial charge >= 0.3 is 0 Å². The van der Waals surface area contributed by atoms with Crippen molar-refractivity contribution in [3.8, 4) is 0 Å². The molecule has 0 radical (unpaired) electrons. The molecule has 1 fully saturated rings. The predicted octanol–water partition coefficient (Wildman–Crippen LogP) is 0.794. The van der Waals surface area contributed by atoms with Crippen LogP contribution >= 0.6 is 0 Å². The van der Waals surface area contributed by atoms with Crippen LogP contribution in [0.2, 0.25) is 0 Å². The van der Waals surface area contributed by atoms with E-state index in [1.807, 2.05) is 6.92 Å². The maximum absolute atomic E-state index is 8.65. The number of aliphatic hydroxyl groups is 1. The highest BCUT2D eigenvalue weighted by Crippen LogP contribution is 2.18. The first-order valence-corrected chi connectivity index (χ1v) is 3.55. The third kappa shape index (κ3) is 1.95. The third-order valence-corrected chi connectivity index (χ3v) is 1.77. The van der Waals surface area contributed by atoms with Crippen molar-refractivity contribution < 1.29 is 9.84 Å². The Morgan fingerprint density at radius 2 is 2.44 bits per heavy atom. The molecule has 0 aliphatic carbocycles. The lowest BCUT2D eigenvalue weighted by Crippen LogP contribution is -2.29. The van der Waals surface area contributed by atoms with Crippen LogP contribution in [0.5, 0.6) is 0 Å². The molecule has 0 amide bonds. The molecule has 1 saturated heterocycles. The number of ether oxygens (including phenoxy) is 1. The van der Waals surface area contributed by atoms with E-state index >= 15 is 0 Å². The lowest BCUT2D eigenvalue weighted by molar-refractivity contribution is -0.0646. The molecule has 0 aromatic heterocycles. The Balaban J connectivity index is 2.01. The fourth-order valence-electron chi connectivity index (χ4n) is 0.994. The van der Waals surface area contributed by atoms with Crippen molar-refractivity contribution in [1.29, 1.82) is 0 Å². The van der Waals surface area contributed by atoms with E-state index in [9.17, 15) is 0 Å². The fourth-order valence-corrected chi connectivity index (χ4v) is 0.994. The Kier molecular flexibility index (Phi) is 2.49. The van der Waals surface area contributed by atoms with Gasteiger partial charge in [0.25, 0.3) is 0 Å². The van der Waals surface area contributed by atoms with Crippen LogP contribution in [-0.2, 0) is 4.74 Å². The normalized spacial score (nSPS) is 29.3. The van der Waals surface area contributed by atoms with E-state index in [1.165, 1.54) is 6.42 Å². The molecule has 2 atom stereocenters. The predicted molar refractivity (Wildman–Crippen MR) is 35.2 cm³/mol. The fraction of sp³-hybridized carbons (Fsp3) is 1.00. The van der Waals surface area contributed by atoms with Gasteiger partial charge in [0.05, 0.1) is 6.10 Å². The summed E-state index contributed by atoms with van der Waals surface area (Å²) < 4.78 is 5.19. The molecule has 2 nitrogen and oxygen atoms in total. The summed E-state index contributed by atoms with van der Waals surface area (Å²) in [6.07, 6.45) is 2.66. The summed E-state index contributed by atoms with van der Waals surface area (Å²) in [5.74, 6) is 0.412. The highest BCUT2D eigenvalue weighted by molar-refractivity contribution is 4.68. The van der Waals surface area contributed by atoms with Crippen LogP contribution in [0.25, 0.3) is 0 Å². The minimum atomic E-state index is 0.292. The summed E-state index contributed by atoms with van der Waals surface area (Å²) in [5.41, 5.74) is 0. The third-order valence-electron chi connectivity index (χ3n) is 1.77. The number of aliphatic hydroxyl groups excluding tert-OH is 1. The van der Waals surface area contributed by atoms with Gasteiger partial charge in [0.2, 0.25) is 0 Å². The highest BCUT2D eigenvalue weighted by Gasteiger charge is 2.19. The monoisotopic (exact) mass is 130 g/mol. The van der Waals surface area contributed by atoms with Gasteiger partial charge in [-0.15, -0.1) is 0 Å². The summed E-state index contributed by atoms with van der Waals surface area (Å²) in [4.78, 5) is 0. The van der Waals surface area contributed by atoms with Gasteiger partial charge in [-0.05, 0) is 18.8 Å². The molecular weight excluding hydrogens is 116 g/mol. The molecule has 54 valence electrons. The Morgan fingerprint density at radius 3 is 2.78 bits per heavy atom. The Bertz CT molecular complexity index is 76.2. The van der Waals surface area contributed by atoms with E-state index in [1.54, 1.807) is 0 Å². The van der Waals surface area contributed by atoms with Crippen LogP contribution in [-0.4, -0.2) is 24.4 Å². The van der Waals surface area contributed by atoms with Gasteiger partial charge in [0, 0.05) is 13.2 Å². The number of rotatable bonds is 3. The zero-order valence-corrected chi connectivity index (χ0v) is 5.84. The maximum atomic E-state index is 8.65. The molecule has 1 aliphatic rings. The highest BCUT2D eigenvalue weighted by atomic mass is 16.5. The average Bonchev–Trinajstić information content (AvgIpc) is 1.78. The zero-order chi connectivity index (χ0) is 6.69. The van der Waals surface area contributed by atoms with Gasteiger partial charge < -0.3 is 9.84 Å². The summed E-state index contributed by atoms with van der Waals surface area (Å²) in [5, 5.41) is 8.65. The van der Waals surface area contributed by atoms with Crippen molar-refractivity contribution in [3.63, 3.8) is 0 Å². The summed E-state index contributed by atoms with van der Waals surface area (Å²) in [6, 6.07) is 0. The maximum Gasteiger partial charge on any atom is 0.0600 e. The summed E-state index contributed by atoms with van der Waals surface area (Å²) in [7, 11) is 0. The summed E-state index contributed by atoms with van der Waals surface area (Å²) in [6.45, 7) is 3.25. The van der Waals surface area contributed by atoms with E-state index in [-0.39, 0.29) is 0 Å². The smallest absolute Gasteiger partial charge is 0.0600 e. The molecule has 0 bridgehead atoms. The van der Waals surface area contributed by atoms with E-state index in [0.717, 1.165) is 13.0 Å². The van der Waals surface area contributed by atoms with Crippen LogP contribution in [0.4, 0.5) is 0 Å². The molecule has 0 spiro atoms. The molecule has 0 aromatic carbocycles. The minimum absolute atomic E-state index is 0.292. The second-order valence-corrected chi connectivity index (χ2v) is 2.80. The SMILES string of the molecule is CC(CO)CC1CCO1. The molecule has 0 saturated carbocycles. The van der Waals surface area contributed by atoms with E-state index in [2.05, 4.69) is 0 Å². The molecule has 2 unspecified atom stereocenters. The Labute approximate surface area is 55.8 Å². The van der Waals surface area contributed by atoms with Gasteiger partial charge in [-0.1, -0.05) is 6.92 Å². The molecule has 0 aromatic rings. The lowest BCUT2D eigenvalue weighted by atomic mass is 10.0. The minimum Gasteiger partial charge on any atom is -0.396 e. The van der Waals surface area contributed by atoms with E-state index in [4.69, 9.17) is 9.84 Å². The molecule has 2 heteroatoms. The molecule has 9 heavy (non-hydrogen) atoms. The van der Waals surface area contributed by atoms with Gasteiger partial charge in [-0.25, -0.2) is 0 Å². The van der Waals surface area contributed by atoms with E-state index in [0.29, 0.717) is 18.6 Å². The second kappa shape index (κ2) is 3.18. The molecular formula is C7H14O2. The van der Waals surface area contributed by atoms with Gasteiger partial charge in [-0.3, -0.25) is 0 Å². The summed E-state index contributed by atoms with van der Waals surface area (Å²) >= 11 is 0. The Hall–Kier alpha value is -0.0800. The number of hydrogen-bond donors (Lipinski definition) is 1. The van der Waals surface area contributed by atoms with Crippen molar-refractivity contribution in [2.75, 3.05) is 13.2 Å². The standard InChI is InChI=1S/C7H14O2/c1-6(5-8)4-7-2-3-9-7/h6-8H,2-5H2,1H3. The van der Waals surface area contributed by atoms with Crippen LogP contribution in [0, 0.1) is 5.92 Å². The average molecular weight is 130 g/mol. The quantitative estimate of drug-likeness (QED) is 0.612. The first-order valence-electron chi connectivity index (χ1n) is 3.55. The van der Waals surface area contributed by atoms with Crippen molar-refractivity contribution in [2.24, 2.45) is 5.92 Å². The van der Waals surface area contributed by atoms with Crippen LogP contribution in [0.15, 0.2) is 0 Å². The van der Waals surface area contributed by atoms with Crippen molar-refractivity contribution in [3.05, 3.63) is 0 Å². The topological polar surface area (TPSA) is 29.5 Å². The van der Waals surface area contributed by atoms with Crippen molar-refractivity contribution >= 4 is 0 Å². The van der Waals surface area contributed by atoms with Gasteiger partial charge in [0.15, 0.2) is 0 Å². The van der Waals surface area contributed by atoms with Crippen LogP contribution in [0.3, 0.4) is 0 Å². The molecule has 1 N–H and O–H groups in total. The first-order chi connectivity index (χ1) is 4.33. The number of hydrogen-bond acceptors (Lipinski definition) is 2. The van der Waals surface area contributed by atoms with Crippen molar-refractivity contribution in [2.45, 2.75) is 25.9 Å². The molecule has 1 rings (SSSR count). The Morgan fingerprint density at radius 1 is 1.78 bits per heavy atom. The van der Waals surface area contributed by atoms with E-state index < -0.39 is 0 Å². The molecule has 1 heterocycles. The van der Waals surface area contributed by atoms with Crippen LogP contribution in [0.1, 0.15) is 19.8 Å². The zero-order valence-electron chi connectivity index (χ0n) is 5.84. The lowest BCUT2D eigenvalue weighted by Gasteiger charge is -2.28. The second-order valence-electron chi connectivity index (χ2n) is 2.80. The van der Waals surface area contributed by atoms with Crippen molar-refractivity contribution in [1.82, 2.24) is 0 Å².